The van der Waals surface area contributed by atoms with Crippen LogP contribution in [-0.4, -0.2) is 15.7 Å². The molecule has 0 saturated carbocycles. The number of rotatable bonds is 5. The summed E-state index contributed by atoms with van der Waals surface area (Å²) in [6, 6.07) is 12.4. The normalized spacial score (nSPS) is 10.9. The molecule has 0 aliphatic heterocycles. The zero-order valence-electron chi connectivity index (χ0n) is 12.9. The van der Waals surface area contributed by atoms with Gasteiger partial charge in [-0.2, -0.15) is 5.10 Å². The van der Waals surface area contributed by atoms with E-state index in [1.54, 1.807) is 18.3 Å². The minimum Gasteiger partial charge on any atom is -0.352 e. The molecule has 3 rings (SSSR count). The molecule has 1 heterocycles. The number of halogens is 1. The Labute approximate surface area is 133 Å². The van der Waals surface area contributed by atoms with E-state index in [0.717, 1.165) is 22.0 Å². The predicted molar refractivity (Wildman–Crippen MR) is 87.3 cm³/mol. The zero-order chi connectivity index (χ0) is 16.2. The highest BCUT2D eigenvalue weighted by Crippen LogP contribution is 2.15. The first kappa shape index (κ1) is 15.2. The Bertz CT molecular complexity index is 841. The van der Waals surface area contributed by atoms with Crippen LogP contribution in [0.3, 0.4) is 0 Å². The van der Waals surface area contributed by atoms with Gasteiger partial charge < -0.3 is 5.32 Å². The lowest BCUT2D eigenvalue weighted by Gasteiger charge is -2.07. The van der Waals surface area contributed by atoms with Gasteiger partial charge in [-0.3, -0.25) is 9.48 Å². The number of carbonyl (C=O) groups is 1. The van der Waals surface area contributed by atoms with Crippen LogP contribution in [0.25, 0.3) is 10.9 Å². The van der Waals surface area contributed by atoms with E-state index >= 15 is 0 Å². The third-order valence-corrected chi connectivity index (χ3v) is 3.73. The molecular formula is C18H18FN3O. The van der Waals surface area contributed by atoms with Crippen molar-refractivity contribution in [3.8, 4) is 0 Å². The maximum Gasteiger partial charge on any atom is 0.222 e. The van der Waals surface area contributed by atoms with E-state index in [0.29, 0.717) is 19.5 Å². The van der Waals surface area contributed by atoms with Crippen molar-refractivity contribution in [2.75, 3.05) is 0 Å². The summed E-state index contributed by atoms with van der Waals surface area (Å²) in [6.07, 6.45) is 2.14. The van der Waals surface area contributed by atoms with E-state index in [2.05, 4.69) is 16.5 Å². The fourth-order valence-corrected chi connectivity index (χ4v) is 2.50. The molecule has 4 nitrogen and oxygen atoms in total. The number of aromatic nitrogens is 2. The molecule has 23 heavy (non-hydrogen) atoms. The van der Waals surface area contributed by atoms with Crippen molar-refractivity contribution < 1.29 is 9.18 Å². The molecule has 1 amide bonds. The van der Waals surface area contributed by atoms with Crippen molar-refractivity contribution >= 4 is 16.8 Å². The van der Waals surface area contributed by atoms with Gasteiger partial charge in [0, 0.05) is 18.4 Å². The smallest absolute Gasteiger partial charge is 0.222 e. The summed E-state index contributed by atoms with van der Waals surface area (Å²) in [5.74, 6) is -0.374. The fraction of sp³-hybridized carbons (Fsp3) is 0.222. The molecule has 0 atom stereocenters. The van der Waals surface area contributed by atoms with Crippen molar-refractivity contribution in [2.24, 2.45) is 0 Å². The Balaban J connectivity index is 1.57. The molecule has 0 radical (unpaired) electrons. The number of hydrogen-bond acceptors (Lipinski definition) is 2. The van der Waals surface area contributed by atoms with Crippen LogP contribution in [0.5, 0.6) is 0 Å². The second-order valence-electron chi connectivity index (χ2n) is 5.59. The molecule has 3 aromatic rings. The summed E-state index contributed by atoms with van der Waals surface area (Å²) in [6.45, 7) is 2.87. The van der Waals surface area contributed by atoms with Crippen molar-refractivity contribution in [3.63, 3.8) is 0 Å². The number of nitrogens with one attached hydrogen (secondary N) is 1. The Morgan fingerprint density at radius 1 is 1.26 bits per heavy atom. The minimum atomic E-state index is -0.296. The van der Waals surface area contributed by atoms with Gasteiger partial charge >= 0.3 is 0 Å². The Morgan fingerprint density at radius 3 is 2.96 bits per heavy atom. The molecule has 0 saturated heterocycles. The van der Waals surface area contributed by atoms with Crippen molar-refractivity contribution in [2.45, 2.75) is 26.4 Å². The lowest BCUT2D eigenvalue weighted by molar-refractivity contribution is -0.121. The molecule has 0 bridgehead atoms. The van der Waals surface area contributed by atoms with E-state index in [9.17, 15) is 9.18 Å². The van der Waals surface area contributed by atoms with E-state index < -0.39 is 0 Å². The predicted octanol–water partition coefficient (Wildman–Crippen LogP) is 3.19. The number of hydrogen-bond donors (Lipinski definition) is 1. The summed E-state index contributed by atoms with van der Waals surface area (Å²) in [5, 5.41) is 8.19. The highest BCUT2D eigenvalue weighted by Gasteiger charge is 2.06. The largest absolute Gasteiger partial charge is 0.352 e. The highest BCUT2D eigenvalue weighted by atomic mass is 19.1. The van der Waals surface area contributed by atoms with Gasteiger partial charge in [-0.1, -0.05) is 24.3 Å². The maximum absolute atomic E-state index is 13.1. The second-order valence-corrected chi connectivity index (χ2v) is 5.59. The number of benzene rings is 2. The fourth-order valence-electron chi connectivity index (χ4n) is 2.50. The van der Waals surface area contributed by atoms with Crippen LogP contribution < -0.4 is 5.32 Å². The summed E-state index contributed by atoms with van der Waals surface area (Å²) in [4.78, 5) is 12.0. The summed E-state index contributed by atoms with van der Waals surface area (Å²) < 4.78 is 14.9. The van der Waals surface area contributed by atoms with Gasteiger partial charge in [0.25, 0.3) is 0 Å². The van der Waals surface area contributed by atoms with Crippen LogP contribution in [0.4, 0.5) is 4.39 Å². The first-order valence-corrected chi connectivity index (χ1v) is 7.55. The molecule has 1 N–H and O–H groups in total. The molecule has 0 spiro atoms. The third-order valence-electron chi connectivity index (χ3n) is 3.73. The average molecular weight is 311 g/mol. The lowest BCUT2D eigenvalue weighted by atomic mass is 10.2. The maximum atomic E-state index is 13.1. The highest BCUT2D eigenvalue weighted by molar-refractivity contribution is 5.80. The summed E-state index contributed by atoms with van der Waals surface area (Å²) >= 11 is 0. The Morgan fingerprint density at radius 2 is 2.13 bits per heavy atom. The molecule has 0 aliphatic carbocycles. The number of nitrogens with zero attached hydrogens (tertiary/aromatic N) is 2. The first-order valence-electron chi connectivity index (χ1n) is 7.55. The average Bonchev–Trinajstić information content (AvgIpc) is 2.93. The molecule has 0 aliphatic rings. The number of fused-ring (bicyclic) bond motifs is 1. The number of aryl methyl sites for hydroxylation is 2. The van der Waals surface area contributed by atoms with Crippen LogP contribution >= 0.6 is 0 Å². The quantitative estimate of drug-likeness (QED) is 0.786. The van der Waals surface area contributed by atoms with Gasteiger partial charge in [0.1, 0.15) is 5.82 Å². The SMILES string of the molecule is Cc1ccc2cnn(CCC(=O)NCc3cccc(F)c3)c2c1. The van der Waals surface area contributed by atoms with Crippen molar-refractivity contribution in [1.82, 2.24) is 15.1 Å². The Kier molecular flexibility index (Phi) is 4.37. The van der Waals surface area contributed by atoms with Crippen LogP contribution in [0.15, 0.2) is 48.7 Å². The molecule has 5 heteroatoms. The molecule has 118 valence electrons. The van der Waals surface area contributed by atoms with E-state index in [4.69, 9.17) is 0 Å². The van der Waals surface area contributed by atoms with Crippen molar-refractivity contribution in [1.29, 1.82) is 0 Å². The lowest BCUT2D eigenvalue weighted by Crippen LogP contribution is -2.24. The number of carbonyl (C=O) groups excluding carboxylic acids is 1. The molecule has 0 unspecified atom stereocenters. The molecule has 1 aromatic heterocycles. The zero-order valence-corrected chi connectivity index (χ0v) is 12.9. The van der Waals surface area contributed by atoms with Crippen LogP contribution in [0, 0.1) is 12.7 Å². The third kappa shape index (κ3) is 3.74. The van der Waals surface area contributed by atoms with E-state index in [-0.39, 0.29) is 11.7 Å². The topological polar surface area (TPSA) is 46.9 Å². The summed E-state index contributed by atoms with van der Waals surface area (Å²) in [7, 11) is 0. The van der Waals surface area contributed by atoms with Crippen molar-refractivity contribution in [3.05, 3.63) is 65.6 Å². The van der Waals surface area contributed by atoms with Crippen LogP contribution in [0.2, 0.25) is 0 Å². The first-order chi connectivity index (χ1) is 11.1. The monoisotopic (exact) mass is 311 g/mol. The minimum absolute atomic E-state index is 0.0782. The van der Waals surface area contributed by atoms with Gasteiger partial charge in [0.15, 0.2) is 0 Å². The molecule has 0 fully saturated rings. The van der Waals surface area contributed by atoms with Gasteiger partial charge in [-0.15, -0.1) is 0 Å². The van der Waals surface area contributed by atoms with Gasteiger partial charge in [-0.25, -0.2) is 4.39 Å². The van der Waals surface area contributed by atoms with Crippen LogP contribution in [-0.2, 0) is 17.9 Å². The standard InChI is InChI=1S/C18H18FN3O/c1-13-5-6-15-12-21-22(17(15)9-13)8-7-18(23)20-11-14-3-2-4-16(19)10-14/h2-6,9-10,12H,7-8,11H2,1H3,(H,20,23). The van der Waals surface area contributed by atoms with Gasteiger partial charge in [-0.05, 0) is 36.2 Å². The molecule has 2 aromatic carbocycles. The summed E-state index contributed by atoms with van der Waals surface area (Å²) in [5.41, 5.74) is 2.94. The molecular weight excluding hydrogens is 293 g/mol. The van der Waals surface area contributed by atoms with Gasteiger partial charge in [0.2, 0.25) is 5.91 Å². The van der Waals surface area contributed by atoms with Gasteiger partial charge in [0.05, 0.1) is 18.3 Å². The number of amides is 1. The van der Waals surface area contributed by atoms with E-state index in [1.165, 1.54) is 12.1 Å². The Hall–Kier alpha value is -2.69. The second kappa shape index (κ2) is 6.60. The van der Waals surface area contributed by atoms with E-state index in [1.807, 2.05) is 23.7 Å². The van der Waals surface area contributed by atoms with Crippen LogP contribution in [0.1, 0.15) is 17.5 Å².